The molecule has 0 bridgehead atoms. The molecule has 2 aliphatic heterocycles. The lowest BCUT2D eigenvalue weighted by molar-refractivity contribution is -0.335. The van der Waals surface area contributed by atoms with Gasteiger partial charge in [-0.05, 0) is 33.1 Å². The Kier molecular flexibility index (Phi) is 17.9. The summed E-state index contributed by atoms with van der Waals surface area (Å²) in [5, 5.41) is 83.6. The number of aliphatic hydroxyl groups is 7. The van der Waals surface area contributed by atoms with Crippen LogP contribution in [0.2, 0.25) is 0 Å². The first-order chi connectivity index (χ1) is 21.3. The van der Waals surface area contributed by atoms with Gasteiger partial charge in [-0.2, -0.15) is 0 Å². The summed E-state index contributed by atoms with van der Waals surface area (Å²) >= 11 is 0. The standard InChI is InChI=1S/C32H58O13/c1-4-5-6-8-12-15-21(34)24(31(41)42)22(35)17-20(33)14-11-9-7-10-13-16-23-30(28(39)26(37)18(2)43-23)45-32-29(40)27(38)25(36)19(3)44-32/h18-21,23-30,32-34,36-40H,4-17H2,1-3H3,(H,41,42)/p-1/t18-,19-,20?,21?,23?,24?,25-,26-,27+,28+,29+,30-,32?/m1/s1. The third-order valence-electron chi connectivity index (χ3n) is 9.07. The molecule has 13 nitrogen and oxygen atoms in total. The number of aliphatic hydroxyl groups excluding tert-OH is 7. The Bertz CT molecular complexity index is 859. The largest absolute Gasteiger partial charge is 0.549 e. The lowest BCUT2D eigenvalue weighted by Gasteiger charge is -2.46. The van der Waals surface area contributed by atoms with Crippen LogP contribution in [0.25, 0.3) is 0 Å². The van der Waals surface area contributed by atoms with E-state index in [0.29, 0.717) is 32.1 Å². The van der Waals surface area contributed by atoms with E-state index in [0.717, 1.165) is 44.9 Å². The van der Waals surface area contributed by atoms with E-state index >= 15 is 0 Å². The van der Waals surface area contributed by atoms with Crippen LogP contribution in [0.1, 0.15) is 111 Å². The molecule has 2 heterocycles. The fourth-order valence-corrected chi connectivity index (χ4v) is 6.15. The average Bonchev–Trinajstić information content (AvgIpc) is 2.98. The molecule has 2 aliphatic rings. The highest BCUT2D eigenvalue weighted by atomic mass is 16.7. The monoisotopic (exact) mass is 649 g/mol. The molecule has 264 valence electrons. The summed E-state index contributed by atoms with van der Waals surface area (Å²) in [5.74, 6) is -3.98. The molecule has 2 fully saturated rings. The number of hydrogen-bond donors (Lipinski definition) is 7. The predicted molar refractivity (Wildman–Crippen MR) is 159 cm³/mol. The summed E-state index contributed by atoms with van der Waals surface area (Å²) < 4.78 is 17.2. The minimum absolute atomic E-state index is 0.199. The molecule has 0 aromatic heterocycles. The minimum atomic E-state index is -1.64. The smallest absolute Gasteiger partial charge is 0.187 e. The highest BCUT2D eigenvalue weighted by Crippen LogP contribution is 2.31. The van der Waals surface area contributed by atoms with E-state index in [1.165, 1.54) is 6.92 Å². The van der Waals surface area contributed by atoms with E-state index in [-0.39, 0.29) is 12.8 Å². The van der Waals surface area contributed by atoms with Crippen LogP contribution in [0.15, 0.2) is 0 Å². The van der Waals surface area contributed by atoms with Gasteiger partial charge in [0.15, 0.2) is 6.29 Å². The summed E-state index contributed by atoms with van der Waals surface area (Å²) in [5.41, 5.74) is 0. The van der Waals surface area contributed by atoms with E-state index in [9.17, 15) is 50.4 Å². The molecule has 0 saturated carbocycles. The average molecular weight is 650 g/mol. The topological polar surface area (TPSA) is 226 Å². The molecule has 0 aromatic carbocycles. The molecule has 7 N–H and O–H groups in total. The van der Waals surface area contributed by atoms with Gasteiger partial charge in [0.1, 0.15) is 42.4 Å². The van der Waals surface area contributed by atoms with Gasteiger partial charge < -0.3 is 59.9 Å². The first-order valence-electron chi connectivity index (χ1n) is 16.8. The van der Waals surface area contributed by atoms with Crippen molar-refractivity contribution in [2.75, 3.05) is 0 Å². The first kappa shape index (κ1) is 39.9. The van der Waals surface area contributed by atoms with Crippen molar-refractivity contribution in [2.45, 2.75) is 184 Å². The molecule has 13 atom stereocenters. The van der Waals surface area contributed by atoms with Crippen LogP contribution in [0, 0.1) is 5.92 Å². The summed E-state index contributed by atoms with van der Waals surface area (Å²) in [6, 6.07) is 0. The van der Waals surface area contributed by atoms with Crippen molar-refractivity contribution in [2.24, 2.45) is 5.92 Å². The van der Waals surface area contributed by atoms with Crippen LogP contribution in [0.5, 0.6) is 0 Å². The maximum atomic E-state index is 12.5. The zero-order chi connectivity index (χ0) is 33.7. The minimum Gasteiger partial charge on any atom is -0.549 e. The van der Waals surface area contributed by atoms with Gasteiger partial charge in [0.25, 0.3) is 0 Å². The van der Waals surface area contributed by atoms with Gasteiger partial charge in [0, 0.05) is 6.42 Å². The van der Waals surface area contributed by atoms with Crippen molar-refractivity contribution >= 4 is 11.8 Å². The van der Waals surface area contributed by atoms with Gasteiger partial charge >= 0.3 is 0 Å². The quantitative estimate of drug-likeness (QED) is 0.0635. The number of rotatable bonds is 21. The van der Waals surface area contributed by atoms with Gasteiger partial charge in [0.2, 0.25) is 0 Å². The molecular weight excluding hydrogens is 592 g/mol. The van der Waals surface area contributed by atoms with Crippen LogP contribution in [0.4, 0.5) is 0 Å². The Morgan fingerprint density at radius 2 is 1.29 bits per heavy atom. The van der Waals surface area contributed by atoms with Crippen LogP contribution in [-0.2, 0) is 23.8 Å². The summed E-state index contributed by atoms with van der Waals surface area (Å²) in [6.07, 6.45) is -5.02. The van der Waals surface area contributed by atoms with Crippen molar-refractivity contribution in [3.63, 3.8) is 0 Å². The van der Waals surface area contributed by atoms with E-state index in [4.69, 9.17) is 14.2 Å². The Labute approximate surface area is 266 Å². The predicted octanol–water partition coefficient (Wildman–Crippen LogP) is -0.153. The summed E-state index contributed by atoms with van der Waals surface area (Å²) in [7, 11) is 0. The van der Waals surface area contributed by atoms with Gasteiger partial charge in [-0.25, -0.2) is 0 Å². The van der Waals surface area contributed by atoms with Crippen molar-refractivity contribution in [3.05, 3.63) is 0 Å². The number of carbonyl (C=O) groups is 2. The fraction of sp³-hybridized carbons (Fsp3) is 0.938. The van der Waals surface area contributed by atoms with Crippen molar-refractivity contribution in [3.8, 4) is 0 Å². The molecule has 45 heavy (non-hydrogen) atoms. The van der Waals surface area contributed by atoms with E-state index in [1.807, 2.05) is 0 Å². The number of carbonyl (C=O) groups excluding carboxylic acids is 2. The zero-order valence-electron chi connectivity index (χ0n) is 27.0. The van der Waals surface area contributed by atoms with E-state index in [2.05, 4.69) is 6.92 Å². The van der Waals surface area contributed by atoms with E-state index < -0.39 is 91.1 Å². The maximum absolute atomic E-state index is 12.5. The molecule has 0 spiro atoms. The van der Waals surface area contributed by atoms with Gasteiger partial charge in [-0.3, -0.25) is 4.79 Å². The normalized spacial score (nSPS) is 34.3. The third-order valence-corrected chi connectivity index (χ3v) is 9.07. The van der Waals surface area contributed by atoms with Gasteiger partial charge in [0.05, 0.1) is 42.4 Å². The number of aliphatic carboxylic acids is 1. The first-order valence-corrected chi connectivity index (χ1v) is 16.8. The number of hydrogen-bond acceptors (Lipinski definition) is 13. The lowest BCUT2D eigenvalue weighted by atomic mass is 9.89. The van der Waals surface area contributed by atoms with Crippen LogP contribution in [0.3, 0.4) is 0 Å². The molecule has 0 radical (unpaired) electrons. The van der Waals surface area contributed by atoms with Gasteiger partial charge in [-0.15, -0.1) is 0 Å². The fourth-order valence-electron chi connectivity index (χ4n) is 6.15. The highest BCUT2D eigenvalue weighted by molar-refractivity contribution is 5.98. The number of ether oxygens (including phenoxy) is 3. The Morgan fingerprint density at radius 1 is 0.733 bits per heavy atom. The highest BCUT2D eigenvalue weighted by Gasteiger charge is 2.48. The molecule has 2 rings (SSSR count). The van der Waals surface area contributed by atoms with Crippen molar-refractivity contribution < 1.29 is 64.7 Å². The summed E-state index contributed by atoms with van der Waals surface area (Å²) in [4.78, 5) is 24.1. The molecule has 0 aliphatic carbocycles. The van der Waals surface area contributed by atoms with Crippen LogP contribution >= 0.6 is 0 Å². The van der Waals surface area contributed by atoms with Crippen molar-refractivity contribution in [1.29, 1.82) is 0 Å². The Hall–Kier alpha value is -1.26. The second-order valence-electron chi connectivity index (χ2n) is 12.9. The maximum Gasteiger partial charge on any atom is 0.187 e. The Balaban J connectivity index is 1.74. The lowest BCUT2D eigenvalue weighted by Crippen LogP contribution is -2.62. The Morgan fingerprint density at radius 3 is 1.93 bits per heavy atom. The molecule has 0 aromatic rings. The number of carboxylic acid groups (broad SMARTS) is 1. The molecule has 5 unspecified atom stereocenters. The third kappa shape index (κ3) is 12.4. The molecular formula is C32H57O13-. The van der Waals surface area contributed by atoms with E-state index in [1.54, 1.807) is 6.92 Å². The number of carboxylic acids is 1. The van der Waals surface area contributed by atoms with Gasteiger partial charge in [-0.1, -0.05) is 71.1 Å². The number of Topliss-reactive ketones (excluding diaryl/α,β-unsaturated/α-hetero) is 1. The molecule has 2 saturated heterocycles. The molecule has 0 amide bonds. The number of ketones is 1. The molecule has 13 heteroatoms. The SMILES string of the molecule is CCCCCCCC(O)C(C(=O)[O-])C(=O)CC(O)CCCCCCCC1O[C@H](C)[C@@H](O)[C@H](O)[C@@H]1OC1O[C@H](C)[C@@H](O)[C@H](O)[C@@H]1O. The summed E-state index contributed by atoms with van der Waals surface area (Å²) in [6.45, 7) is 5.22. The number of unbranched alkanes of at least 4 members (excludes halogenated alkanes) is 8. The second-order valence-corrected chi connectivity index (χ2v) is 12.9. The zero-order valence-corrected chi connectivity index (χ0v) is 27.0. The second kappa shape index (κ2) is 20.2. The van der Waals surface area contributed by atoms with Crippen molar-refractivity contribution in [1.82, 2.24) is 0 Å². The van der Waals surface area contributed by atoms with Crippen LogP contribution in [-0.4, -0.2) is 121 Å². The van der Waals surface area contributed by atoms with Crippen LogP contribution < -0.4 is 5.11 Å².